The van der Waals surface area contributed by atoms with E-state index in [0.717, 1.165) is 25.8 Å². The summed E-state index contributed by atoms with van der Waals surface area (Å²) in [5, 5.41) is 12.9. The average Bonchev–Trinajstić information content (AvgIpc) is 2.34. The minimum absolute atomic E-state index is 0.0390. The van der Waals surface area contributed by atoms with E-state index in [4.69, 9.17) is 0 Å². The molecule has 1 aromatic rings. The standard InChI is InChI=1S/C17H27NO/c1-13(18-12-14-9-16(19)10-14)11-17(2,3)15-7-5-4-6-8-15/h4-8,13-14,16,18-19H,9-12H2,1-3H3. The molecular weight excluding hydrogens is 234 g/mol. The molecule has 0 amide bonds. The van der Waals surface area contributed by atoms with E-state index in [1.807, 2.05) is 0 Å². The second-order valence-electron chi connectivity index (χ2n) is 6.75. The first-order chi connectivity index (χ1) is 8.97. The molecule has 106 valence electrons. The summed E-state index contributed by atoms with van der Waals surface area (Å²) in [6, 6.07) is 11.2. The Bertz CT molecular complexity index is 382. The predicted molar refractivity (Wildman–Crippen MR) is 80.3 cm³/mol. The monoisotopic (exact) mass is 261 g/mol. The molecule has 1 unspecified atom stereocenters. The highest BCUT2D eigenvalue weighted by Gasteiger charge is 2.28. The SMILES string of the molecule is CC(CC(C)(C)c1ccccc1)NCC1CC(O)C1. The average molecular weight is 261 g/mol. The van der Waals surface area contributed by atoms with E-state index < -0.39 is 0 Å². The molecule has 2 heteroatoms. The Kier molecular flexibility index (Phi) is 4.64. The fourth-order valence-corrected chi connectivity index (χ4v) is 3.08. The Balaban J connectivity index is 1.79. The van der Waals surface area contributed by atoms with Crippen molar-refractivity contribution in [3.8, 4) is 0 Å². The Morgan fingerprint density at radius 3 is 2.47 bits per heavy atom. The van der Waals surface area contributed by atoms with Crippen molar-refractivity contribution < 1.29 is 5.11 Å². The van der Waals surface area contributed by atoms with Crippen molar-refractivity contribution >= 4 is 0 Å². The van der Waals surface area contributed by atoms with Crippen molar-refractivity contribution in [1.82, 2.24) is 5.32 Å². The van der Waals surface area contributed by atoms with Gasteiger partial charge >= 0.3 is 0 Å². The molecule has 1 aliphatic rings. The summed E-state index contributed by atoms with van der Waals surface area (Å²) in [4.78, 5) is 0. The lowest BCUT2D eigenvalue weighted by Crippen LogP contribution is -2.41. The fraction of sp³-hybridized carbons (Fsp3) is 0.647. The maximum absolute atomic E-state index is 9.29. The van der Waals surface area contributed by atoms with Gasteiger partial charge in [-0.05, 0) is 49.6 Å². The molecule has 0 bridgehead atoms. The van der Waals surface area contributed by atoms with Crippen LogP contribution in [-0.4, -0.2) is 23.8 Å². The van der Waals surface area contributed by atoms with E-state index in [1.54, 1.807) is 0 Å². The van der Waals surface area contributed by atoms with Crippen LogP contribution in [0.15, 0.2) is 30.3 Å². The molecule has 2 nitrogen and oxygen atoms in total. The van der Waals surface area contributed by atoms with E-state index in [9.17, 15) is 5.11 Å². The first kappa shape index (κ1) is 14.5. The molecule has 1 aromatic carbocycles. The van der Waals surface area contributed by atoms with Crippen LogP contribution in [-0.2, 0) is 5.41 Å². The van der Waals surface area contributed by atoms with Crippen LogP contribution < -0.4 is 5.32 Å². The van der Waals surface area contributed by atoms with Crippen LogP contribution in [0.2, 0.25) is 0 Å². The van der Waals surface area contributed by atoms with E-state index >= 15 is 0 Å². The van der Waals surface area contributed by atoms with Gasteiger partial charge in [0, 0.05) is 6.04 Å². The normalized spacial score (nSPS) is 24.8. The van der Waals surface area contributed by atoms with Crippen LogP contribution in [0.5, 0.6) is 0 Å². The lowest BCUT2D eigenvalue weighted by Gasteiger charge is -2.34. The topological polar surface area (TPSA) is 32.3 Å². The van der Waals surface area contributed by atoms with Gasteiger partial charge in [0.25, 0.3) is 0 Å². The largest absolute Gasteiger partial charge is 0.393 e. The second kappa shape index (κ2) is 6.06. The second-order valence-corrected chi connectivity index (χ2v) is 6.75. The van der Waals surface area contributed by atoms with Crippen LogP contribution in [0.25, 0.3) is 0 Å². The Hall–Kier alpha value is -0.860. The fourth-order valence-electron chi connectivity index (χ4n) is 3.08. The molecular formula is C17H27NO. The zero-order valence-corrected chi connectivity index (χ0v) is 12.4. The number of hydrogen-bond donors (Lipinski definition) is 2. The third kappa shape index (κ3) is 4.05. The predicted octanol–water partition coefficient (Wildman–Crippen LogP) is 3.10. The third-order valence-corrected chi connectivity index (χ3v) is 4.34. The Morgan fingerprint density at radius 2 is 1.89 bits per heavy atom. The highest BCUT2D eigenvalue weighted by molar-refractivity contribution is 5.23. The minimum Gasteiger partial charge on any atom is -0.393 e. The number of aliphatic hydroxyl groups excluding tert-OH is 1. The van der Waals surface area contributed by atoms with E-state index in [0.29, 0.717) is 12.0 Å². The van der Waals surface area contributed by atoms with Gasteiger partial charge in [-0.3, -0.25) is 0 Å². The van der Waals surface area contributed by atoms with Crippen LogP contribution in [0.1, 0.15) is 45.6 Å². The number of hydrogen-bond acceptors (Lipinski definition) is 2. The number of benzene rings is 1. The van der Waals surface area contributed by atoms with Gasteiger partial charge in [0.1, 0.15) is 0 Å². The lowest BCUT2D eigenvalue weighted by atomic mass is 9.79. The molecule has 0 radical (unpaired) electrons. The van der Waals surface area contributed by atoms with E-state index in [2.05, 4.69) is 56.4 Å². The van der Waals surface area contributed by atoms with Crippen molar-refractivity contribution in [3.05, 3.63) is 35.9 Å². The van der Waals surface area contributed by atoms with Gasteiger partial charge in [-0.1, -0.05) is 44.2 Å². The smallest absolute Gasteiger partial charge is 0.0546 e. The van der Waals surface area contributed by atoms with Gasteiger partial charge in [-0.15, -0.1) is 0 Å². The molecule has 0 heterocycles. The van der Waals surface area contributed by atoms with Gasteiger partial charge < -0.3 is 10.4 Å². The van der Waals surface area contributed by atoms with Crippen LogP contribution >= 0.6 is 0 Å². The van der Waals surface area contributed by atoms with Gasteiger partial charge in [0.2, 0.25) is 0 Å². The minimum atomic E-state index is -0.0390. The Labute approximate surface area is 117 Å². The van der Waals surface area contributed by atoms with E-state index in [1.165, 1.54) is 5.56 Å². The molecule has 0 saturated heterocycles. The molecule has 0 aliphatic heterocycles. The molecule has 2 rings (SSSR count). The van der Waals surface area contributed by atoms with Crippen LogP contribution in [0, 0.1) is 5.92 Å². The summed E-state index contributed by atoms with van der Waals surface area (Å²) in [5.41, 5.74) is 1.61. The van der Waals surface area contributed by atoms with Gasteiger partial charge in [0.15, 0.2) is 0 Å². The van der Waals surface area contributed by atoms with Crippen LogP contribution in [0.4, 0.5) is 0 Å². The first-order valence-corrected chi connectivity index (χ1v) is 7.44. The van der Waals surface area contributed by atoms with Gasteiger partial charge in [-0.25, -0.2) is 0 Å². The number of aliphatic hydroxyl groups is 1. The highest BCUT2D eigenvalue weighted by Crippen LogP contribution is 2.29. The van der Waals surface area contributed by atoms with E-state index in [-0.39, 0.29) is 11.5 Å². The summed E-state index contributed by atoms with van der Waals surface area (Å²) in [7, 11) is 0. The molecule has 19 heavy (non-hydrogen) atoms. The molecule has 1 fully saturated rings. The molecule has 2 N–H and O–H groups in total. The van der Waals surface area contributed by atoms with Crippen molar-refractivity contribution in [2.75, 3.05) is 6.54 Å². The van der Waals surface area contributed by atoms with Crippen molar-refractivity contribution in [1.29, 1.82) is 0 Å². The quantitative estimate of drug-likeness (QED) is 0.824. The summed E-state index contributed by atoms with van der Waals surface area (Å²) in [6.45, 7) is 7.93. The number of nitrogens with one attached hydrogen (secondary N) is 1. The van der Waals surface area contributed by atoms with Gasteiger partial charge in [0.05, 0.1) is 6.10 Å². The van der Waals surface area contributed by atoms with Crippen molar-refractivity contribution in [3.63, 3.8) is 0 Å². The molecule has 1 atom stereocenters. The molecule has 1 aliphatic carbocycles. The maximum atomic E-state index is 9.29. The zero-order valence-electron chi connectivity index (χ0n) is 12.4. The van der Waals surface area contributed by atoms with Crippen molar-refractivity contribution in [2.24, 2.45) is 5.92 Å². The lowest BCUT2D eigenvalue weighted by molar-refractivity contribution is 0.0417. The molecule has 0 spiro atoms. The Morgan fingerprint density at radius 1 is 1.26 bits per heavy atom. The van der Waals surface area contributed by atoms with Crippen LogP contribution in [0.3, 0.4) is 0 Å². The number of rotatable bonds is 6. The highest BCUT2D eigenvalue weighted by atomic mass is 16.3. The molecule has 1 saturated carbocycles. The van der Waals surface area contributed by atoms with Crippen molar-refractivity contribution in [2.45, 2.75) is 57.6 Å². The third-order valence-electron chi connectivity index (χ3n) is 4.34. The zero-order chi connectivity index (χ0) is 13.9. The summed E-state index contributed by atoms with van der Waals surface area (Å²) >= 11 is 0. The summed E-state index contributed by atoms with van der Waals surface area (Å²) < 4.78 is 0. The summed E-state index contributed by atoms with van der Waals surface area (Å²) in [6.07, 6.45) is 3.04. The summed E-state index contributed by atoms with van der Waals surface area (Å²) in [5.74, 6) is 0.678. The maximum Gasteiger partial charge on any atom is 0.0546 e. The molecule has 0 aromatic heterocycles. The first-order valence-electron chi connectivity index (χ1n) is 7.44. The van der Waals surface area contributed by atoms with Gasteiger partial charge in [-0.2, -0.15) is 0 Å².